The van der Waals surface area contributed by atoms with E-state index in [4.69, 9.17) is 4.84 Å². The number of hydrogen-bond donors (Lipinski definition) is 2. The molecule has 8 heteroatoms. The molecule has 2 amide bonds. The van der Waals surface area contributed by atoms with Crippen molar-refractivity contribution in [2.45, 2.75) is 25.4 Å². The molecule has 2 N–H and O–H groups in total. The molecular formula is C19H19F3N2O3. The molecule has 2 aromatic rings. The fourth-order valence-electron chi connectivity index (χ4n) is 2.22. The van der Waals surface area contributed by atoms with Crippen LogP contribution in [0.5, 0.6) is 0 Å². The Morgan fingerprint density at radius 2 is 1.52 bits per heavy atom. The second kappa shape index (κ2) is 8.22. The number of anilines is 1. The van der Waals surface area contributed by atoms with E-state index in [1.807, 2.05) is 18.2 Å². The molecule has 0 unspecified atom stereocenters. The van der Waals surface area contributed by atoms with Crippen LogP contribution in [0, 0.1) is 0 Å². The molecule has 0 aromatic heterocycles. The number of carbonyl (C=O) groups is 2. The zero-order valence-electron chi connectivity index (χ0n) is 14.8. The van der Waals surface area contributed by atoms with E-state index >= 15 is 0 Å². The van der Waals surface area contributed by atoms with Crippen molar-refractivity contribution in [3.63, 3.8) is 0 Å². The highest BCUT2D eigenvalue weighted by Gasteiger charge is 2.30. The Morgan fingerprint density at radius 3 is 2.07 bits per heavy atom. The minimum absolute atomic E-state index is 0.188. The highest BCUT2D eigenvalue weighted by atomic mass is 19.4. The third-order valence-electron chi connectivity index (χ3n) is 3.93. The summed E-state index contributed by atoms with van der Waals surface area (Å²) in [5, 5.41) is 2.38. The molecular weight excluding hydrogens is 361 g/mol. The van der Waals surface area contributed by atoms with Gasteiger partial charge in [0.15, 0.2) is 6.61 Å². The highest BCUT2D eigenvalue weighted by Crippen LogP contribution is 2.29. The van der Waals surface area contributed by atoms with Crippen LogP contribution in [-0.4, -0.2) is 18.4 Å². The van der Waals surface area contributed by atoms with Crippen LogP contribution < -0.4 is 10.8 Å². The number of hydrogen-bond acceptors (Lipinski definition) is 3. The van der Waals surface area contributed by atoms with E-state index in [0.717, 1.165) is 29.8 Å². The molecule has 0 saturated carbocycles. The van der Waals surface area contributed by atoms with E-state index in [1.165, 1.54) is 0 Å². The van der Waals surface area contributed by atoms with E-state index in [0.29, 0.717) is 0 Å². The van der Waals surface area contributed by atoms with Crippen molar-refractivity contribution < 1.29 is 27.6 Å². The van der Waals surface area contributed by atoms with Gasteiger partial charge in [-0.2, -0.15) is 13.2 Å². The molecule has 0 saturated heterocycles. The Hall–Kier alpha value is -2.87. The molecule has 5 nitrogen and oxygen atoms in total. The summed E-state index contributed by atoms with van der Waals surface area (Å²) in [4.78, 5) is 29.0. The molecule has 144 valence electrons. The summed E-state index contributed by atoms with van der Waals surface area (Å²) in [5.41, 5.74) is 1.50. The molecule has 0 radical (unpaired) electrons. The monoisotopic (exact) mass is 380 g/mol. The van der Waals surface area contributed by atoms with E-state index in [-0.39, 0.29) is 5.69 Å². The third-order valence-corrected chi connectivity index (χ3v) is 3.93. The summed E-state index contributed by atoms with van der Waals surface area (Å²) in [7, 11) is 0. The van der Waals surface area contributed by atoms with Gasteiger partial charge in [0.2, 0.25) is 0 Å². The molecule has 0 atom stereocenters. The van der Waals surface area contributed by atoms with Crippen molar-refractivity contribution in [1.82, 2.24) is 5.48 Å². The number of rotatable bonds is 6. The Bertz CT molecular complexity index is 788. The van der Waals surface area contributed by atoms with Crippen LogP contribution in [0.15, 0.2) is 54.6 Å². The van der Waals surface area contributed by atoms with Crippen LogP contribution in [-0.2, 0) is 26.0 Å². The van der Waals surface area contributed by atoms with Gasteiger partial charge in [-0.3, -0.25) is 14.4 Å². The Kier molecular flexibility index (Phi) is 6.22. The predicted octanol–water partition coefficient (Wildman–Crippen LogP) is 3.67. The standard InChI is InChI=1S/C19H19F3N2O3/c1-18(2,13-6-4-3-5-7-13)17(26)24-27-12-16(25)23-15-10-8-14(9-11-15)19(20,21)22/h3-11H,12H2,1-2H3,(H,23,25)(H,24,26). The van der Waals surface area contributed by atoms with E-state index in [9.17, 15) is 22.8 Å². The van der Waals surface area contributed by atoms with Crippen molar-refractivity contribution in [3.8, 4) is 0 Å². The lowest BCUT2D eigenvalue weighted by Gasteiger charge is -2.23. The number of halogens is 3. The average Bonchev–Trinajstić information content (AvgIpc) is 2.62. The summed E-state index contributed by atoms with van der Waals surface area (Å²) in [6.07, 6.45) is -4.44. The second-order valence-corrected chi connectivity index (χ2v) is 6.33. The maximum Gasteiger partial charge on any atom is 0.416 e. The van der Waals surface area contributed by atoms with Gasteiger partial charge in [-0.1, -0.05) is 30.3 Å². The number of carbonyl (C=O) groups excluding carboxylic acids is 2. The number of amides is 2. The van der Waals surface area contributed by atoms with Gasteiger partial charge in [0.1, 0.15) is 0 Å². The Labute approximate surface area is 154 Å². The number of alkyl halides is 3. The van der Waals surface area contributed by atoms with Gasteiger partial charge in [0, 0.05) is 5.69 Å². The van der Waals surface area contributed by atoms with E-state index < -0.39 is 35.6 Å². The third kappa shape index (κ3) is 5.55. The van der Waals surface area contributed by atoms with Crippen molar-refractivity contribution >= 4 is 17.5 Å². The maximum atomic E-state index is 12.5. The zero-order chi connectivity index (χ0) is 20.1. The summed E-state index contributed by atoms with van der Waals surface area (Å²) >= 11 is 0. The molecule has 0 aliphatic carbocycles. The Morgan fingerprint density at radius 1 is 0.926 bits per heavy atom. The SMILES string of the molecule is CC(C)(C(=O)NOCC(=O)Nc1ccc(C(F)(F)F)cc1)c1ccccc1. The van der Waals surface area contributed by atoms with Gasteiger partial charge in [-0.25, -0.2) is 5.48 Å². The molecule has 0 spiro atoms. The molecule has 2 rings (SSSR count). The topological polar surface area (TPSA) is 67.4 Å². The molecule has 2 aromatic carbocycles. The number of benzene rings is 2. The first-order valence-electron chi connectivity index (χ1n) is 8.05. The normalized spacial score (nSPS) is 11.7. The van der Waals surface area contributed by atoms with Crippen molar-refractivity contribution in [2.75, 3.05) is 11.9 Å². The van der Waals surface area contributed by atoms with Crippen molar-refractivity contribution in [3.05, 3.63) is 65.7 Å². The first kappa shape index (κ1) is 20.4. The quantitative estimate of drug-likeness (QED) is 0.752. The maximum absolute atomic E-state index is 12.5. The summed E-state index contributed by atoms with van der Waals surface area (Å²) < 4.78 is 37.5. The largest absolute Gasteiger partial charge is 0.416 e. The molecule has 0 heterocycles. The van der Waals surface area contributed by atoms with E-state index in [1.54, 1.807) is 26.0 Å². The van der Waals surface area contributed by atoms with Crippen molar-refractivity contribution in [1.29, 1.82) is 0 Å². The molecule has 0 bridgehead atoms. The zero-order valence-corrected chi connectivity index (χ0v) is 14.8. The number of nitrogens with one attached hydrogen (secondary N) is 2. The first-order chi connectivity index (χ1) is 12.6. The fourth-order valence-corrected chi connectivity index (χ4v) is 2.22. The van der Waals surface area contributed by atoms with Gasteiger partial charge in [-0.05, 0) is 43.7 Å². The average molecular weight is 380 g/mol. The van der Waals surface area contributed by atoms with Crippen molar-refractivity contribution in [2.24, 2.45) is 0 Å². The van der Waals surface area contributed by atoms with Crippen LogP contribution >= 0.6 is 0 Å². The summed E-state index contributed by atoms with van der Waals surface area (Å²) in [6, 6.07) is 13.1. The first-order valence-corrected chi connectivity index (χ1v) is 8.05. The van der Waals surface area contributed by atoms with Gasteiger partial charge >= 0.3 is 6.18 Å². The lowest BCUT2D eigenvalue weighted by atomic mass is 9.84. The fraction of sp³-hybridized carbons (Fsp3) is 0.263. The summed E-state index contributed by atoms with van der Waals surface area (Å²) in [6.45, 7) is 2.93. The van der Waals surface area contributed by atoms with E-state index in [2.05, 4.69) is 10.8 Å². The summed E-state index contributed by atoms with van der Waals surface area (Å²) in [5.74, 6) is -1.05. The van der Waals surface area contributed by atoms with Gasteiger partial charge in [0.05, 0.1) is 11.0 Å². The van der Waals surface area contributed by atoms with Crippen LogP contribution in [0.2, 0.25) is 0 Å². The Balaban J connectivity index is 1.83. The lowest BCUT2D eigenvalue weighted by molar-refractivity contribution is -0.141. The van der Waals surface area contributed by atoms with Crippen LogP contribution in [0.25, 0.3) is 0 Å². The number of hydroxylamine groups is 1. The van der Waals surface area contributed by atoms with Crippen LogP contribution in [0.3, 0.4) is 0 Å². The smallest absolute Gasteiger partial charge is 0.324 e. The van der Waals surface area contributed by atoms with Gasteiger partial charge in [0.25, 0.3) is 11.8 Å². The highest BCUT2D eigenvalue weighted by molar-refractivity contribution is 5.92. The molecule has 0 fully saturated rings. The minimum atomic E-state index is -4.44. The van der Waals surface area contributed by atoms with Gasteiger partial charge in [-0.15, -0.1) is 0 Å². The van der Waals surface area contributed by atoms with Crippen LogP contribution in [0.4, 0.5) is 18.9 Å². The van der Waals surface area contributed by atoms with Gasteiger partial charge < -0.3 is 5.32 Å². The second-order valence-electron chi connectivity index (χ2n) is 6.33. The lowest BCUT2D eigenvalue weighted by Crippen LogP contribution is -2.41. The minimum Gasteiger partial charge on any atom is -0.324 e. The molecule has 27 heavy (non-hydrogen) atoms. The molecule has 0 aliphatic heterocycles. The predicted molar refractivity (Wildman–Crippen MR) is 93.6 cm³/mol. The molecule has 0 aliphatic rings. The van der Waals surface area contributed by atoms with Crippen LogP contribution in [0.1, 0.15) is 25.0 Å².